The van der Waals surface area contributed by atoms with Crippen LogP contribution in [0.15, 0.2) is 59.3 Å². The Hall–Kier alpha value is -2.47. The maximum Gasteiger partial charge on any atom is 0.255 e. The molecule has 0 fully saturated rings. The molecule has 0 unspecified atom stereocenters. The van der Waals surface area contributed by atoms with E-state index in [2.05, 4.69) is 36.4 Å². The summed E-state index contributed by atoms with van der Waals surface area (Å²) in [7, 11) is 0. The van der Waals surface area contributed by atoms with Crippen molar-refractivity contribution in [2.75, 3.05) is 5.32 Å². The van der Waals surface area contributed by atoms with Gasteiger partial charge in [-0.3, -0.25) is 9.89 Å². The van der Waals surface area contributed by atoms with Gasteiger partial charge in [-0.1, -0.05) is 22.0 Å². The maximum absolute atomic E-state index is 12.1. The average Bonchev–Trinajstić information content (AvgIpc) is 3.02. The minimum Gasteiger partial charge on any atom is -0.322 e. The molecular formula is C15H11BrN4O. The molecule has 0 atom stereocenters. The van der Waals surface area contributed by atoms with Gasteiger partial charge in [-0.25, -0.2) is 4.98 Å². The second-order valence-electron chi connectivity index (χ2n) is 4.38. The van der Waals surface area contributed by atoms with Crippen molar-refractivity contribution in [1.82, 2.24) is 15.2 Å². The molecular weight excluding hydrogens is 332 g/mol. The van der Waals surface area contributed by atoms with Crippen LogP contribution in [-0.4, -0.2) is 21.1 Å². The normalized spacial score (nSPS) is 10.3. The summed E-state index contributed by atoms with van der Waals surface area (Å²) < 4.78 is 0.871. The van der Waals surface area contributed by atoms with E-state index in [1.807, 2.05) is 36.4 Å². The number of aromatic nitrogens is 3. The number of aromatic amines is 1. The topological polar surface area (TPSA) is 70.7 Å². The van der Waals surface area contributed by atoms with Crippen LogP contribution in [0.5, 0.6) is 0 Å². The number of hydrogen-bond donors (Lipinski definition) is 2. The van der Waals surface area contributed by atoms with Crippen LogP contribution in [0.3, 0.4) is 0 Å². The third kappa shape index (κ3) is 3.17. The van der Waals surface area contributed by atoms with Crippen LogP contribution in [-0.2, 0) is 0 Å². The first-order valence-electron chi connectivity index (χ1n) is 6.25. The van der Waals surface area contributed by atoms with Crippen LogP contribution in [0.25, 0.3) is 11.4 Å². The Bertz CT molecular complexity index is 754. The van der Waals surface area contributed by atoms with Crippen molar-refractivity contribution >= 4 is 27.5 Å². The van der Waals surface area contributed by atoms with Crippen LogP contribution in [0, 0.1) is 0 Å². The highest BCUT2D eigenvalue weighted by molar-refractivity contribution is 9.10. The lowest BCUT2D eigenvalue weighted by Gasteiger charge is -2.06. The molecule has 2 aromatic carbocycles. The summed E-state index contributed by atoms with van der Waals surface area (Å²) in [5, 5.41) is 9.45. The van der Waals surface area contributed by atoms with Crippen LogP contribution >= 0.6 is 15.9 Å². The number of benzene rings is 2. The van der Waals surface area contributed by atoms with E-state index in [0.717, 1.165) is 15.7 Å². The molecule has 104 valence electrons. The van der Waals surface area contributed by atoms with E-state index in [1.165, 1.54) is 6.33 Å². The fourth-order valence-corrected chi connectivity index (χ4v) is 2.29. The fraction of sp³-hybridized carbons (Fsp3) is 0. The lowest BCUT2D eigenvalue weighted by Crippen LogP contribution is -2.11. The zero-order valence-corrected chi connectivity index (χ0v) is 12.5. The van der Waals surface area contributed by atoms with E-state index >= 15 is 0 Å². The molecule has 1 amide bonds. The first kappa shape index (κ1) is 13.5. The zero-order chi connectivity index (χ0) is 14.7. The number of rotatable bonds is 3. The van der Waals surface area contributed by atoms with E-state index in [4.69, 9.17) is 0 Å². The predicted octanol–water partition coefficient (Wildman–Crippen LogP) is 3.49. The fourth-order valence-electron chi connectivity index (χ4n) is 1.89. The number of amides is 1. The summed E-state index contributed by atoms with van der Waals surface area (Å²) in [5.41, 5.74) is 2.24. The lowest BCUT2D eigenvalue weighted by atomic mass is 10.1. The van der Waals surface area contributed by atoms with E-state index in [1.54, 1.807) is 12.1 Å². The van der Waals surface area contributed by atoms with Crippen molar-refractivity contribution in [1.29, 1.82) is 0 Å². The molecule has 0 spiro atoms. The van der Waals surface area contributed by atoms with Gasteiger partial charge in [0.1, 0.15) is 6.33 Å². The monoisotopic (exact) mass is 342 g/mol. The first-order valence-corrected chi connectivity index (χ1v) is 7.04. The van der Waals surface area contributed by atoms with Gasteiger partial charge in [-0.2, -0.15) is 5.10 Å². The molecule has 0 saturated carbocycles. The van der Waals surface area contributed by atoms with Gasteiger partial charge < -0.3 is 5.32 Å². The molecule has 5 nitrogen and oxygen atoms in total. The van der Waals surface area contributed by atoms with Crippen LogP contribution < -0.4 is 5.32 Å². The summed E-state index contributed by atoms with van der Waals surface area (Å²) in [5.74, 6) is 0.545. The van der Waals surface area contributed by atoms with Gasteiger partial charge in [0.2, 0.25) is 0 Å². The van der Waals surface area contributed by atoms with Gasteiger partial charge >= 0.3 is 0 Å². The van der Waals surface area contributed by atoms with Crippen molar-refractivity contribution in [3.63, 3.8) is 0 Å². The molecule has 0 radical (unpaired) electrons. The number of halogens is 1. The Labute approximate surface area is 129 Å². The number of nitrogens with zero attached hydrogens (tertiary/aromatic N) is 2. The third-order valence-electron chi connectivity index (χ3n) is 2.92. The number of hydrogen-bond acceptors (Lipinski definition) is 3. The Kier molecular flexibility index (Phi) is 3.79. The summed E-state index contributed by atoms with van der Waals surface area (Å²) in [6.07, 6.45) is 1.46. The molecule has 0 saturated heterocycles. The van der Waals surface area contributed by atoms with Gasteiger partial charge in [0.25, 0.3) is 5.91 Å². The number of carbonyl (C=O) groups is 1. The van der Waals surface area contributed by atoms with Crippen molar-refractivity contribution in [2.45, 2.75) is 0 Å². The summed E-state index contributed by atoms with van der Waals surface area (Å²) in [6.45, 7) is 0. The second kappa shape index (κ2) is 5.88. The standard InChI is InChI=1S/C15H11BrN4O/c16-12-3-1-2-11(8-12)15(21)19-13-6-4-10(5-7-13)14-17-9-18-20-14/h1-9H,(H,19,21)(H,17,18,20). The van der Waals surface area contributed by atoms with E-state index in [-0.39, 0.29) is 5.91 Å². The van der Waals surface area contributed by atoms with Crippen LogP contribution in [0.1, 0.15) is 10.4 Å². The minimum atomic E-state index is -0.149. The van der Waals surface area contributed by atoms with Crippen LogP contribution in [0.2, 0.25) is 0 Å². The van der Waals surface area contributed by atoms with Gasteiger partial charge in [0.05, 0.1) is 0 Å². The van der Waals surface area contributed by atoms with Gasteiger partial charge in [0.15, 0.2) is 5.82 Å². The molecule has 1 aromatic heterocycles. The van der Waals surface area contributed by atoms with Crippen molar-refractivity contribution in [3.8, 4) is 11.4 Å². The highest BCUT2D eigenvalue weighted by atomic mass is 79.9. The lowest BCUT2D eigenvalue weighted by molar-refractivity contribution is 0.102. The van der Waals surface area contributed by atoms with Crippen molar-refractivity contribution in [3.05, 3.63) is 64.9 Å². The molecule has 0 bridgehead atoms. The average molecular weight is 343 g/mol. The quantitative estimate of drug-likeness (QED) is 0.765. The van der Waals surface area contributed by atoms with Gasteiger partial charge in [0, 0.05) is 21.3 Å². The summed E-state index contributed by atoms with van der Waals surface area (Å²) in [6, 6.07) is 14.6. The largest absolute Gasteiger partial charge is 0.322 e. The van der Waals surface area contributed by atoms with Crippen molar-refractivity contribution in [2.24, 2.45) is 0 Å². The SMILES string of the molecule is O=C(Nc1ccc(-c2ncn[nH]2)cc1)c1cccc(Br)c1. The molecule has 0 aliphatic heterocycles. The van der Waals surface area contributed by atoms with Crippen LogP contribution in [0.4, 0.5) is 5.69 Å². The first-order chi connectivity index (χ1) is 10.2. The molecule has 0 aliphatic rings. The second-order valence-corrected chi connectivity index (χ2v) is 5.29. The number of H-pyrrole nitrogens is 1. The van der Waals surface area contributed by atoms with Crippen molar-refractivity contribution < 1.29 is 4.79 Å². The number of nitrogens with one attached hydrogen (secondary N) is 2. The highest BCUT2D eigenvalue weighted by Crippen LogP contribution is 2.18. The highest BCUT2D eigenvalue weighted by Gasteiger charge is 2.07. The molecule has 3 rings (SSSR count). The predicted molar refractivity (Wildman–Crippen MR) is 83.9 cm³/mol. The number of carbonyl (C=O) groups excluding carboxylic acids is 1. The minimum absolute atomic E-state index is 0.149. The molecule has 2 N–H and O–H groups in total. The molecule has 21 heavy (non-hydrogen) atoms. The zero-order valence-electron chi connectivity index (χ0n) is 10.9. The smallest absolute Gasteiger partial charge is 0.255 e. The molecule has 1 heterocycles. The Morgan fingerprint density at radius 1 is 1.14 bits per heavy atom. The summed E-state index contributed by atoms with van der Waals surface area (Å²) >= 11 is 3.35. The maximum atomic E-state index is 12.1. The van der Waals surface area contributed by atoms with E-state index in [9.17, 15) is 4.79 Å². The van der Waals surface area contributed by atoms with Gasteiger partial charge in [-0.05, 0) is 42.5 Å². The van der Waals surface area contributed by atoms with E-state index < -0.39 is 0 Å². The molecule has 3 aromatic rings. The molecule has 6 heteroatoms. The third-order valence-corrected chi connectivity index (χ3v) is 3.41. The Balaban J connectivity index is 1.75. The summed E-state index contributed by atoms with van der Waals surface area (Å²) in [4.78, 5) is 16.2. The molecule has 0 aliphatic carbocycles. The Morgan fingerprint density at radius 3 is 2.62 bits per heavy atom. The van der Waals surface area contributed by atoms with E-state index in [0.29, 0.717) is 11.4 Å². The number of anilines is 1. The Morgan fingerprint density at radius 2 is 1.95 bits per heavy atom. The van der Waals surface area contributed by atoms with Gasteiger partial charge in [-0.15, -0.1) is 0 Å².